The lowest BCUT2D eigenvalue weighted by Gasteiger charge is -2.31. The van der Waals surface area contributed by atoms with Crippen molar-refractivity contribution >= 4 is 16.9 Å². The molecule has 31 heavy (non-hydrogen) atoms. The fraction of sp³-hybridized carbons (Fsp3) is 0.435. The first-order valence-electron chi connectivity index (χ1n) is 10.8. The van der Waals surface area contributed by atoms with Crippen molar-refractivity contribution in [2.24, 2.45) is 0 Å². The number of aromatic nitrogens is 4. The minimum atomic E-state index is -0.533. The molecule has 0 saturated heterocycles. The topological polar surface area (TPSA) is 90.1 Å². The van der Waals surface area contributed by atoms with Crippen LogP contribution in [-0.4, -0.2) is 43.0 Å². The molecule has 1 aromatic carbocycles. The molecule has 0 bridgehead atoms. The Morgan fingerprint density at radius 3 is 2.48 bits per heavy atom. The van der Waals surface area contributed by atoms with Gasteiger partial charge in [-0.3, -0.25) is 18.7 Å². The van der Waals surface area contributed by atoms with Crippen molar-refractivity contribution in [2.75, 3.05) is 7.05 Å². The Morgan fingerprint density at radius 1 is 1.10 bits per heavy atom. The van der Waals surface area contributed by atoms with E-state index in [-0.39, 0.29) is 29.5 Å². The number of fused-ring (bicyclic) bond motifs is 1. The summed E-state index contributed by atoms with van der Waals surface area (Å²) in [5.74, 6) is 0.217. The number of nitrogens with zero attached hydrogens (tertiary/aromatic N) is 5. The molecular weight excluding hydrogens is 394 g/mol. The van der Waals surface area contributed by atoms with Gasteiger partial charge < -0.3 is 4.90 Å². The van der Waals surface area contributed by atoms with Gasteiger partial charge in [0.05, 0.1) is 0 Å². The number of hydrogen-bond donors (Lipinski definition) is 0. The highest BCUT2D eigenvalue weighted by Gasteiger charge is 2.24. The van der Waals surface area contributed by atoms with Crippen LogP contribution in [0.4, 0.5) is 0 Å². The van der Waals surface area contributed by atoms with Gasteiger partial charge in [-0.05, 0) is 19.8 Å². The number of carbonyl (C=O) groups is 1. The van der Waals surface area contributed by atoms with E-state index in [2.05, 4.69) is 9.97 Å². The largest absolute Gasteiger partial charge is 0.341 e. The molecule has 2 heterocycles. The van der Waals surface area contributed by atoms with E-state index in [9.17, 15) is 14.4 Å². The summed E-state index contributed by atoms with van der Waals surface area (Å²) in [4.78, 5) is 49.6. The van der Waals surface area contributed by atoms with Crippen molar-refractivity contribution in [3.63, 3.8) is 0 Å². The molecule has 1 aliphatic carbocycles. The van der Waals surface area contributed by atoms with Gasteiger partial charge in [-0.1, -0.05) is 49.6 Å². The first kappa shape index (κ1) is 21.0. The highest BCUT2D eigenvalue weighted by Crippen LogP contribution is 2.22. The fourth-order valence-corrected chi connectivity index (χ4v) is 4.27. The van der Waals surface area contributed by atoms with E-state index in [4.69, 9.17) is 0 Å². The normalized spacial score (nSPS) is 14.6. The third-order valence-corrected chi connectivity index (χ3v) is 6.12. The van der Waals surface area contributed by atoms with Crippen LogP contribution in [0.15, 0.2) is 46.1 Å². The van der Waals surface area contributed by atoms with Crippen molar-refractivity contribution in [2.45, 2.75) is 58.2 Å². The summed E-state index contributed by atoms with van der Waals surface area (Å²) in [6.45, 7) is 1.87. The zero-order valence-corrected chi connectivity index (χ0v) is 18.0. The summed E-state index contributed by atoms with van der Waals surface area (Å²) in [5, 5.41) is 0.231. The molecule has 1 fully saturated rings. The molecule has 8 heteroatoms. The molecule has 0 radical (unpaired) electrons. The molecule has 2 aromatic heterocycles. The molecular formula is C23H27N5O3. The maximum atomic E-state index is 13.1. The first-order valence-corrected chi connectivity index (χ1v) is 10.8. The minimum absolute atomic E-state index is 0.169. The van der Waals surface area contributed by atoms with E-state index in [0.717, 1.165) is 35.8 Å². The summed E-state index contributed by atoms with van der Waals surface area (Å²) < 4.78 is 2.44. The van der Waals surface area contributed by atoms with Crippen LogP contribution in [0.1, 0.15) is 39.0 Å². The van der Waals surface area contributed by atoms with Crippen molar-refractivity contribution in [3.05, 3.63) is 57.4 Å². The quantitative estimate of drug-likeness (QED) is 0.631. The van der Waals surface area contributed by atoms with Crippen molar-refractivity contribution in [1.82, 2.24) is 24.0 Å². The van der Waals surface area contributed by atoms with E-state index in [1.165, 1.54) is 17.2 Å². The van der Waals surface area contributed by atoms with Gasteiger partial charge in [0.15, 0.2) is 11.5 Å². The highest BCUT2D eigenvalue weighted by atomic mass is 16.2. The van der Waals surface area contributed by atoms with Gasteiger partial charge in [0.25, 0.3) is 5.56 Å². The molecule has 3 aromatic rings. The van der Waals surface area contributed by atoms with Gasteiger partial charge in [0.1, 0.15) is 11.9 Å². The molecule has 0 unspecified atom stereocenters. The third-order valence-electron chi connectivity index (χ3n) is 6.12. The Kier molecular flexibility index (Phi) is 5.97. The Balaban J connectivity index is 1.74. The van der Waals surface area contributed by atoms with Crippen molar-refractivity contribution < 1.29 is 4.79 Å². The van der Waals surface area contributed by atoms with Gasteiger partial charge in [-0.25, -0.2) is 14.8 Å². The highest BCUT2D eigenvalue weighted by molar-refractivity contribution is 5.78. The lowest BCUT2D eigenvalue weighted by molar-refractivity contribution is -0.133. The number of rotatable bonds is 5. The number of likely N-dealkylation sites (N-methyl/N-ethyl adjacent to an activating group) is 1. The first-order chi connectivity index (χ1) is 15.0. The van der Waals surface area contributed by atoms with Gasteiger partial charge >= 0.3 is 5.69 Å². The molecule has 0 atom stereocenters. The van der Waals surface area contributed by atoms with Crippen LogP contribution >= 0.6 is 0 Å². The summed E-state index contributed by atoms with van der Waals surface area (Å²) in [6, 6.07) is 9.56. The number of carbonyl (C=O) groups excluding carboxylic acids is 1. The zero-order valence-electron chi connectivity index (χ0n) is 18.0. The second-order valence-corrected chi connectivity index (χ2v) is 8.01. The average molecular weight is 422 g/mol. The van der Waals surface area contributed by atoms with Crippen LogP contribution < -0.4 is 11.2 Å². The minimum Gasteiger partial charge on any atom is -0.341 e. The maximum absolute atomic E-state index is 13.1. The molecule has 1 amide bonds. The smallest absolute Gasteiger partial charge is 0.333 e. The Hall–Kier alpha value is -3.29. The zero-order chi connectivity index (χ0) is 22.0. The van der Waals surface area contributed by atoms with E-state index in [1.54, 1.807) is 11.9 Å². The van der Waals surface area contributed by atoms with Crippen LogP contribution in [0, 0.1) is 0 Å². The van der Waals surface area contributed by atoms with Crippen LogP contribution in [-0.2, 0) is 17.9 Å². The molecule has 1 aliphatic rings. The predicted molar refractivity (Wildman–Crippen MR) is 119 cm³/mol. The van der Waals surface area contributed by atoms with Crippen LogP contribution in [0.25, 0.3) is 22.4 Å². The van der Waals surface area contributed by atoms with Gasteiger partial charge in [-0.15, -0.1) is 0 Å². The molecule has 4 rings (SSSR count). The fourth-order valence-electron chi connectivity index (χ4n) is 4.27. The van der Waals surface area contributed by atoms with Gasteiger partial charge in [0, 0.05) is 31.4 Å². The van der Waals surface area contributed by atoms with E-state index in [1.807, 2.05) is 37.3 Å². The Bertz CT molecular complexity index is 1210. The average Bonchev–Trinajstić information content (AvgIpc) is 2.82. The van der Waals surface area contributed by atoms with Crippen LogP contribution in [0.2, 0.25) is 0 Å². The number of hydrogen-bond acceptors (Lipinski definition) is 5. The number of amides is 1. The number of aryl methyl sites for hydroxylation is 1. The molecule has 8 nitrogen and oxygen atoms in total. The van der Waals surface area contributed by atoms with E-state index in [0.29, 0.717) is 12.4 Å². The van der Waals surface area contributed by atoms with Crippen LogP contribution in [0.3, 0.4) is 0 Å². The second kappa shape index (κ2) is 8.83. The molecule has 0 spiro atoms. The Morgan fingerprint density at radius 2 is 1.81 bits per heavy atom. The summed E-state index contributed by atoms with van der Waals surface area (Å²) >= 11 is 0. The SMILES string of the molecule is CCn1c(=O)n(CC(=O)N(C)C2CCCCC2)c(=O)c2cnc(-c3ccccc3)nc21. The molecule has 1 saturated carbocycles. The monoisotopic (exact) mass is 421 g/mol. The van der Waals surface area contributed by atoms with Gasteiger partial charge in [-0.2, -0.15) is 0 Å². The second-order valence-electron chi connectivity index (χ2n) is 8.01. The van der Waals surface area contributed by atoms with Crippen LogP contribution in [0.5, 0.6) is 0 Å². The lowest BCUT2D eigenvalue weighted by Crippen LogP contribution is -2.46. The standard InChI is InChI=1S/C23H27N5O3/c1-3-27-21-18(14-24-20(25-21)16-10-6-4-7-11-16)22(30)28(23(27)31)15-19(29)26(2)17-12-8-5-9-13-17/h4,6-7,10-11,14,17H,3,5,8-9,12-13,15H2,1-2H3. The lowest BCUT2D eigenvalue weighted by atomic mass is 9.94. The van der Waals surface area contributed by atoms with E-state index >= 15 is 0 Å². The van der Waals surface area contributed by atoms with Gasteiger partial charge in [0.2, 0.25) is 5.91 Å². The van der Waals surface area contributed by atoms with Crippen molar-refractivity contribution in [1.29, 1.82) is 0 Å². The maximum Gasteiger partial charge on any atom is 0.333 e. The summed E-state index contributed by atoms with van der Waals surface area (Å²) in [7, 11) is 1.76. The van der Waals surface area contributed by atoms with Crippen molar-refractivity contribution in [3.8, 4) is 11.4 Å². The Labute approximate surface area is 180 Å². The summed E-state index contributed by atoms with van der Waals surface area (Å²) in [6.07, 6.45) is 6.76. The molecule has 0 N–H and O–H groups in total. The van der Waals surface area contributed by atoms with E-state index < -0.39 is 11.2 Å². The third kappa shape index (κ3) is 4.02. The molecule has 0 aliphatic heterocycles. The molecule has 162 valence electrons. The number of benzene rings is 1. The summed E-state index contributed by atoms with van der Waals surface area (Å²) in [5.41, 5.74) is 0.0291. The predicted octanol–water partition coefficient (Wildman–Crippen LogP) is 2.43.